The van der Waals surface area contributed by atoms with Crippen molar-refractivity contribution < 1.29 is 4.74 Å². The van der Waals surface area contributed by atoms with Gasteiger partial charge >= 0.3 is 0 Å². The number of pyridine rings is 1. The number of fused-ring (bicyclic) bond motifs is 1. The van der Waals surface area contributed by atoms with E-state index < -0.39 is 0 Å². The van der Waals surface area contributed by atoms with E-state index in [9.17, 15) is 0 Å². The van der Waals surface area contributed by atoms with Gasteiger partial charge in [0.15, 0.2) is 0 Å². The van der Waals surface area contributed by atoms with Gasteiger partial charge in [0.05, 0.1) is 17.8 Å². The largest absolute Gasteiger partial charge is 0.494 e. The van der Waals surface area contributed by atoms with Crippen LogP contribution in [-0.2, 0) is 0 Å². The number of nitrogen functional groups attached to an aromatic ring is 1. The molecule has 1 aromatic carbocycles. The van der Waals surface area contributed by atoms with Crippen LogP contribution in [0.25, 0.3) is 10.9 Å². The summed E-state index contributed by atoms with van der Waals surface area (Å²) in [4.78, 5) is 4.67. The van der Waals surface area contributed by atoms with Crippen molar-refractivity contribution in [3.05, 3.63) is 28.9 Å². The van der Waals surface area contributed by atoms with E-state index in [0.717, 1.165) is 22.3 Å². The Morgan fingerprint density at radius 2 is 2.22 bits per heavy atom. The zero-order chi connectivity index (χ0) is 12.7. The standard InChI is InChI=1S/C13H14ClN3O/c1-18-11-5-4-8(14)12-10(17-15)6-9(7-2-3-7)16-13(11)12/h4-7H,2-3,15H2,1H3,(H,16,17). The molecule has 0 amide bonds. The van der Waals surface area contributed by atoms with Gasteiger partial charge in [0.1, 0.15) is 11.3 Å². The minimum Gasteiger partial charge on any atom is -0.494 e. The molecule has 0 bridgehead atoms. The molecular weight excluding hydrogens is 250 g/mol. The molecule has 0 radical (unpaired) electrons. The molecule has 0 aliphatic heterocycles. The average Bonchev–Trinajstić information content (AvgIpc) is 3.22. The van der Waals surface area contributed by atoms with Crippen LogP contribution in [0.5, 0.6) is 5.75 Å². The Morgan fingerprint density at radius 1 is 1.44 bits per heavy atom. The Balaban J connectivity index is 2.34. The fourth-order valence-electron chi connectivity index (χ4n) is 2.16. The van der Waals surface area contributed by atoms with Crippen LogP contribution in [0, 0.1) is 0 Å². The maximum absolute atomic E-state index is 6.23. The van der Waals surface area contributed by atoms with Crippen molar-refractivity contribution in [1.82, 2.24) is 4.98 Å². The second kappa shape index (κ2) is 4.30. The van der Waals surface area contributed by atoms with Gasteiger partial charge in [0.2, 0.25) is 0 Å². The van der Waals surface area contributed by atoms with Gasteiger partial charge in [0.25, 0.3) is 0 Å². The number of hydrogen-bond donors (Lipinski definition) is 2. The van der Waals surface area contributed by atoms with Crippen LogP contribution in [0.1, 0.15) is 24.5 Å². The second-order valence-electron chi connectivity index (χ2n) is 4.49. The van der Waals surface area contributed by atoms with Crippen molar-refractivity contribution in [1.29, 1.82) is 0 Å². The van der Waals surface area contributed by atoms with Crippen LogP contribution >= 0.6 is 11.6 Å². The first-order valence-electron chi connectivity index (χ1n) is 5.88. The summed E-state index contributed by atoms with van der Waals surface area (Å²) in [6.45, 7) is 0. The Hall–Kier alpha value is -1.52. The summed E-state index contributed by atoms with van der Waals surface area (Å²) in [6, 6.07) is 5.60. The molecular formula is C13H14ClN3O. The molecule has 3 rings (SSSR count). The van der Waals surface area contributed by atoms with Crippen LogP contribution in [0.3, 0.4) is 0 Å². The number of hydrogen-bond acceptors (Lipinski definition) is 4. The van der Waals surface area contributed by atoms with Crippen molar-refractivity contribution in [2.24, 2.45) is 5.84 Å². The SMILES string of the molecule is COc1ccc(Cl)c2c(NN)cc(C3CC3)nc12. The van der Waals surface area contributed by atoms with Crippen molar-refractivity contribution >= 4 is 28.2 Å². The maximum atomic E-state index is 6.23. The zero-order valence-electron chi connectivity index (χ0n) is 10.0. The number of aromatic nitrogens is 1. The summed E-state index contributed by atoms with van der Waals surface area (Å²) in [6.07, 6.45) is 2.37. The third kappa shape index (κ3) is 1.78. The lowest BCUT2D eigenvalue weighted by atomic mass is 10.1. The topological polar surface area (TPSA) is 60.2 Å². The quantitative estimate of drug-likeness (QED) is 0.660. The highest BCUT2D eigenvalue weighted by atomic mass is 35.5. The maximum Gasteiger partial charge on any atom is 0.145 e. The molecule has 0 atom stereocenters. The van der Waals surface area contributed by atoms with E-state index in [1.807, 2.05) is 12.1 Å². The normalized spacial score (nSPS) is 14.8. The number of nitrogens with zero attached hydrogens (tertiary/aromatic N) is 1. The Labute approximate surface area is 110 Å². The van der Waals surface area contributed by atoms with E-state index in [2.05, 4.69) is 10.4 Å². The second-order valence-corrected chi connectivity index (χ2v) is 4.89. The molecule has 3 N–H and O–H groups in total. The number of nitrogens with two attached hydrogens (primary N) is 1. The molecule has 18 heavy (non-hydrogen) atoms. The predicted octanol–water partition coefficient (Wildman–Crippen LogP) is 3.06. The fraction of sp³-hybridized carbons (Fsp3) is 0.308. The van der Waals surface area contributed by atoms with Gasteiger partial charge in [0, 0.05) is 17.0 Å². The third-order valence-electron chi connectivity index (χ3n) is 3.26. The predicted molar refractivity (Wildman–Crippen MR) is 73.1 cm³/mol. The van der Waals surface area contributed by atoms with E-state index >= 15 is 0 Å². The van der Waals surface area contributed by atoms with Gasteiger partial charge in [-0.15, -0.1) is 0 Å². The third-order valence-corrected chi connectivity index (χ3v) is 3.58. The molecule has 4 nitrogen and oxygen atoms in total. The van der Waals surface area contributed by atoms with Crippen molar-refractivity contribution in [3.63, 3.8) is 0 Å². The number of methoxy groups -OCH3 is 1. The van der Waals surface area contributed by atoms with Crippen LogP contribution in [-0.4, -0.2) is 12.1 Å². The molecule has 94 valence electrons. The number of ether oxygens (including phenoxy) is 1. The lowest BCUT2D eigenvalue weighted by Gasteiger charge is -2.12. The van der Waals surface area contributed by atoms with Gasteiger partial charge in [-0.25, -0.2) is 4.98 Å². The molecule has 1 aliphatic rings. The monoisotopic (exact) mass is 263 g/mol. The van der Waals surface area contributed by atoms with E-state index in [1.54, 1.807) is 13.2 Å². The van der Waals surface area contributed by atoms with Gasteiger partial charge < -0.3 is 10.2 Å². The average molecular weight is 264 g/mol. The van der Waals surface area contributed by atoms with Crippen LogP contribution in [0.15, 0.2) is 18.2 Å². The number of rotatable bonds is 3. The van der Waals surface area contributed by atoms with E-state index in [4.69, 9.17) is 22.2 Å². The number of halogens is 1. The fourth-order valence-corrected chi connectivity index (χ4v) is 2.42. The first-order chi connectivity index (χ1) is 8.74. The first-order valence-corrected chi connectivity index (χ1v) is 6.26. The molecule has 1 aromatic heterocycles. The van der Waals surface area contributed by atoms with E-state index in [0.29, 0.717) is 16.7 Å². The molecule has 1 aliphatic carbocycles. The number of nitrogens with one attached hydrogen (secondary N) is 1. The molecule has 1 heterocycles. The first kappa shape index (κ1) is 11.6. The van der Waals surface area contributed by atoms with Gasteiger partial charge in [-0.2, -0.15) is 0 Å². The van der Waals surface area contributed by atoms with Gasteiger partial charge in [-0.3, -0.25) is 5.84 Å². The van der Waals surface area contributed by atoms with Gasteiger partial charge in [-0.1, -0.05) is 11.6 Å². The number of anilines is 1. The molecule has 5 heteroatoms. The highest BCUT2D eigenvalue weighted by Gasteiger charge is 2.26. The summed E-state index contributed by atoms with van der Waals surface area (Å²) >= 11 is 6.23. The lowest BCUT2D eigenvalue weighted by molar-refractivity contribution is 0.419. The summed E-state index contributed by atoms with van der Waals surface area (Å²) in [5, 5.41) is 1.43. The summed E-state index contributed by atoms with van der Waals surface area (Å²) in [5.74, 6) is 6.85. The number of benzene rings is 1. The lowest BCUT2D eigenvalue weighted by Crippen LogP contribution is -2.08. The molecule has 0 spiro atoms. The van der Waals surface area contributed by atoms with Crippen molar-refractivity contribution in [2.75, 3.05) is 12.5 Å². The van der Waals surface area contributed by atoms with Gasteiger partial charge in [-0.05, 0) is 31.0 Å². The Bertz CT molecular complexity index is 611. The van der Waals surface area contributed by atoms with Crippen LogP contribution in [0.2, 0.25) is 5.02 Å². The Morgan fingerprint density at radius 3 is 2.83 bits per heavy atom. The highest BCUT2D eigenvalue weighted by molar-refractivity contribution is 6.36. The highest BCUT2D eigenvalue weighted by Crippen LogP contribution is 2.43. The molecule has 0 unspecified atom stereocenters. The van der Waals surface area contributed by atoms with Crippen LogP contribution in [0.4, 0.5) is 5.69 Å². The summed E-state index contributed by atoms with van der Waals surface area (Å²) in [7, 11) is 1.63. The molecule has 0 saturated heterocycles. The van der Waals surface area contributed by atoms with Crippen molar-refractivity contribution in [2.45, 2.75) is 18.8 Å². The zero-order valence-corrected chi connectivity index (χ0v) is 10.8. The van der Waals surface area contributed by atoms with Crippen LogP contribution < -0.4 is 16.0 Å². The Kier molecular flexibility index (Phi) is 2.76. The molecule has 1 saturated carbocycles. The van der Waals surface area contributed by atoms with E-state index in [-0.39, 0.29) is 0 Å². The summed E-state index contributed by atoms with van der Waals surface area (Å²) in [5.41, 5.74) is 5.32. The summed E-state index contributed by atoms with van der Waals surface area (Å²) < 4.78 is 5.35. The minimum absolute atomic E-state index is 0.546. The molecule has 2 aromatic rings. The van der Waals surface area contributed by atoms with Crippen molar-refractivity contribution in [3.8, 4) is 5.75 Å². The smallest absolute Gasteiger partial charge is 0.145 e. The minimum atomic E-state index is 0.546. The number of hydrazine groups is 1. The van der Waals surface area contributed by atoms with E-state index in [1.165, 1.54) is 12.8 Å². The molecule has 1 fully saturated rings.